The maximum absolute atomic E-state index is 4.65. The van der Waals surface area contributed by atoms with Gasteiger partial charge in [-0.25, -0.2) is 9.97 Å². The summed E-state index contributed by atoms with van der Waals surface area (Å²) in [6.45, 7) is 9.29. The maximum atomic E-state index is 4.65. The zero-order chi connectivity index (χ0) is 13.0. The van der Waals surface area contributed by atoms with Crippen LogP contribution >= 0.6 is 11.3 Å². The highest BCUT2D eigenvalue weighted by molar-refractivity contribution is 7.09. The van der Waals surface area contributed by atoms with Gasteiger partial charge in [0.15, 0.2) is 0 Å². The zero-order valence-corrected chi connectivity index (χ0v) is 12.0. The van der Waals surface area contributed by atoms with E-state index in [2.05, 4.69) is 46.0 Å². The Kier molecular flexibility index (Phi) is 4.14. The molecule has 0 unspecified atom stereocenters. The van der Waals surface area contributed by atoms with Crippen LogP contribution in [0.3, 0.4) is 0 Å². The number of hydrogen-bond acceptors (Lipinski definition) is 4. The summed E-state index contributed by atoms with van der Waals surface area (Å²) in [6, 6.07) is 0. The number of hydrogen-bond donors (Lipinski definition) is 1. The Morgan fingerprint density at radius 1 is 1.39 bits per heavy atom. The lowest BCUT2D eigenvalue weighted by Gasteiger charge is -2.14. The fourth-order valence-electron chi connectivity index (χ4n) is 1.56. The van der Waals surface area contributed by atoms with Crippen LogP contribution in [0.5, 0.6) is 0 Å². The van der Waals surface area contributed by atoms with Gasteiger partial charge in [0.1, 0.15) is 5.01 Å². The van der Waals surface area contributed by atoms with Crippen molar-refractivity contribution < 1.29 is 0 Å². The van der Waals surface area contributed by atoms with Crippen LogP contribution < -0.4 is 5.32 Å². The molecule has 4 nitrogen and oxygen atoms in total. The van der Waals surface area contributed by atoms with E-state index in [-0.39, 0.29) is 5.41 Å². The molecule has 0 atom stereocenters. The lowest BCUT2D eigenvalue weighted by atomic mass is 9.93. The van der Waals surface area contributed by atoms with Gasteiger partial charge < -0.3 is 9.88 Å². The number of rotatable bonds is 5. The minimum Gasteiger partial charge on any atom is -0.336 e. The standard InChI is InChI=1S/C13H20N4S/c1-13(2,3)11-9-18-12(16-11)8-14-4-6-17-7-5-15-10-17/h5,7,9-10,14H,4,6,8H2,1-3H3. The van der Waals surface area contributed by atoms with E-state index in [1.54, 1.807) is 17.5 Å². The van der Waals surface area contributed by atoms with Crippen molar-refractivity contribution in [3.05, 3.63) is 34.8 Å². The highest BCUT2D eigenvalue weighted by Crippen LogP contribution is 2.23. The number of nitrogens with one attached hydrogen (secondary N) is 1. The highest BCUT2D eigenvalue weighted by atomic mass is 32.1. The SMILES string of the molecule is CC(C)(C)c1csc(CNCCn2ccnc2)n1. The van der Waals surface area contributed by atoms with E-state index < -0.39 is 0 Å². The molecule has 0 saturated carbocycles. The Morgan fingerprint density at radius 3 is 2.83 bits per heavy atom. The maximum Gasteiger partial charge on any atom is 0.107 e. The second-order valence-corrected chi connectivity index (χ2v) is 6.30. The molecular weight excluding hydrogens is 244 g/mol. The second-order valence-electron chi connectivity index (χ2n) is 5.35. The van der Waals surface area contributed by atoms with Crippen molar-refractivity contribution in [2.75, 3.05) is 6.54 Å². The van der Waals surface area contributed by atoms with E-state index in [0.29, 0.717) is 0 Å². The van der Waals surface area contributed by atoms with Crippen LogP contribution in [0.4, 0.5) is 0 Å². The summed E-state index contributed by atoms with van der Waals surface area (Å²) in [6.07, 6.45) is 5.61. The predicted molar refractivity (Wildman–Crippen MR) is 74.7 cm³/mol. The summed E-state index contributed by atoms with van der Waals surface area (Å²) >= 11 is 1.73. The van der Waals surface area contributed by atoms with E-state index >= 15 is 0 Å². The van der Waals surface area contributed by atoms with E-state index in [0.717, 1.165) is 24.6 Å². The van der Waals surface area contributed by atoms with Crippen molar-refractivity contribution in [2.24, 2.45) is 0 Å². The van der Waals surface area contributed by atoms with Crippen LogP contribution in [-0.4, -0.2) is 21.1 Å². The van der Waals surface area contributed by atoms with Crippen LogP contribution in [0.2, 0.25) is 0 Å². The van der Waals surface area contributed by atoms with Gasteiger partial charge in [-0.2, -0.15) is 0 Å². The van der Waals surface area contributed by atoms with Crippen LogP contribution in [-0.2, 0) is 18.5 Å². The molecule has 0 amide bonds. The molecule has 2 rings (SSSR count). The van der Waals surface area contributed by atoms with Gasteiger partial charge in [-0.15, -0.1) is 11.3 Å². The molecule has 0 aliphatic heterocycles. The smallest absolute Gasteiger partial charge is 0.107 e. The summed E-state index contributed by atoms with van der Waals surface area (Å²) in [4.78, 5) is 8.67. The third kappa shape index (κ3) is 3.65. The van der Waals surface area contributed by atoms with Gasteiger partial charge >= 0.3 is 0 Å². The van der Waals surface area contributed by atoms with Crippen molar-refractivity contribution in [1.29, 1.82) is 0 Å². The topological polar surface area (TPSA) is 42.7 Å². The molecule has 0 saturated heterocycles. The average Bonchev–Trinajstić information content (AvgIpc) is 2.95. The molecule has 2 aromatic rings. The minimum atomic E-state index is 0.144. The van der Waals surface area contributed by atoms with Gasteiger partial charge in [0.25, 0.3) is 0 Å². The Labute approximate surface area is 112 Å². The first-order valence-electron chi connectivity index (χ1n) is 6.17. The van der Waals surface area contributed by atoms with Crippen molar-refractivity contribution in [3.8, 4) is 0 Å². The number of aromatic nitrogens is 3. The van der Waals surface area contributed by atoms with Crippen LogP contribution in [0.15, 0.2) is 24.1 Å². The molecule has 0 spiro atoms. The molecule has 98 valence electrons. The number of thiazole rings is 1. The van der Waals surface area contributed by atoms with Gasteiger partial charge in [0.05, 0.1) is 12.0 Å². The summed E-state index contributed by atoms with van der Waals surface area (Å²) in [5.41, 5.74) is 1.32. The van der Waals surface area contributed by atoms with Crippen molar-refractivity contribution in [3.63, 3.8) is 0 Å². The lowest BCUT2D eigenvalue weighted by molar-refractivity contribution is 0.564. The molecular formula is C13H20N4S. The van der Waals surface area contributed by atoms with Crippen molar-refractivity contribution >= 4 is 11.3 Å². The molecule has 0 bridgehead atoms. The van der Waals surface area contributed by atoms with Crippen molar-refractivity contribution in [2.45, 2.75) is 39.3 Å². The Bertz CT molecular complexity index is 467. The molecule has 0 fully saturated rings. The van der Waals surface area contributed by atoms with Gasteiger partial charge in [-0.3, -0.25) is 0 Å². The van der Waals surface area contributed by atoms with Gasteiger partial charge in [0.2, 0.25) is 0 Å². The highest BCUT2D eigenvalue weighted by Gasteiger charge is 2.16. The van der Waals surface area contributed by atoms with Crippen LogP contribution in [0.1, 0.15) is 31.5 Å². The molecule has 5 heteroatoms. The molecule has 0 aliphatic rings. The quantitative estimate of drug-likeness (QED) is 0.843. The summed E-state index contributed by atoms with van der Waals surface area (Å²) < 4.78 is 2.06. The number of nitrogens with zero attached hydrogens (tertiary/aromatic N) is 3. The fourth-order valence-corrected chi connectivity index (χ4v) is 2.55. The monoisotopic (exact) mass is 264 g/mol. The molecule has 0 aliphatic carbocycles. The molecule has 18 heavy (non-hydrogen) atoms. The van der Waals surface area contributed by atoms with Gasteiger partial charge in [0, 0.05) is 42.8 Å². The predicted octanol–water partition coefficient (Wildman–Crippen LogP) is 2.43. The number of imidazole rings is 1. The third-order valence-electron chi connectivity index (χ3n) is 2.70. The molecule has 0 aromatic carbocycles. The molecule has 2 aromatic heterocycles. The van der Waals surface area contributed by atoms with Gasteiger partial charge in [-0.05, 0) is 0 Å². The minimum absolute atomic E-state index is 0.144. The summed E-state index contributed by atoms with van der Waals surface area (Å²) in [7, 11) is 0. The zero-order valence-electron chi connectivity index (χ0n) is 11.2. The average molecular weight is 264 g/mol. The third-order valence-corrected chi connectivity index (χ3v) is 3.55. The summed E-state index contributed by atoms with van der Waals surface area (Å²) in [5, 5.41) is 6.72. The second kappa shape index (κ2) is 5.63. The summed E-state index contributed by atoms with van der Waals surface area (Å²) in [5.74, 6) is 0. The molecule has 0 radical (unpaired) electrons. The lowest BCUT2D eigenvalue weighted by Crippen LogP contribution is -2.19. The normalized spacial score (nSPS) is 11.9. The van der Waals surface area contributed by atoms with Crippen LogP contribution in [0, 0.1) is 0 Å². The first-order chi connectivity index (χ1) is 8.55. The molecule has 2 heterocycles. The largest absolute Gasteiger partial charge is 0.336 e. The molecule has 1 N–H and O–H groups in total. The van der Waals surface area contributed by atoms with Gasteiger partial charge in [-0.1, -0.05) is 20.8 Å². The van der Waals surface area contributed by atoms with E-state index in [1.807, 2.05) is 12.5 Å². The van der Waals surface area contributed by atoms with E-state index in [9.17, 15) is 0 Å². The van der Waals surface area contributed by atoms with Crippen molar-refractivity contribution in [1.82, 2.24) is 19.9 Å². The first kappa shape index (κ1) is 13.2. The Balaban J connectivity index is 1.75. The van der Waals surface area contributed by atoms with E-state index in [4.69, 9.17) is 0 Å². The fraction of sp³-hybridized carbons (Fsp3) is 0.538. The van der Waals surface area contributed by atoms with Crippen LogP contribution in [0.25, 0.3) is 0 Å². The first-order valence-corrected chi connectivity index (χ1v) is 7.05. The van der Waals surface area contributed by atoms with E-state index in [1.165, 1.54) is 5.69 Å². The Hall–Kier alpha value is -1.20. The Morgan fingerprint density at radius 2 is 2.22 bits per heavy atom.